The molecular weight excluding hydrogens is 346 g/mol. The smallest absolute Gasteiger partial charge is 0.325 e. The van der Waals surface area contributed by atoms with Crippen molar-refractivity contribution in [2.45, 2.75) is 45.7 Å². The molecule has 0 aliphatic carbocycles. The van der Waals surface area contributed by atoms with Gasteiger partial charge in [0.2, 0.25) is 11.9 Å². The van der Waals surface area contributed by atoms with Gasteiger partial charge >= 0.3 is 6.03 Å². The zero-order valence-electron chi connectivity index (χ0n) is 15.4. The molecule has 142 valence electrons. The second-order valence-corrected chi connectivity index (χ2v) is 6.28. The Kier molecular flexibility index (Phi) is 5.49. The number of imide groups is 1. The first kappa shape index (κ1) is 18.6. The van der Waals surface area contributed by atoms with Gasteiger partial charge in [0.15, 0.2) is 5.82 Å². The summed E-state index contributed by atoms with van der Waals surface area (Å²) in [6.07, 6.45) is 2.24. The van der Waals surface area contributed by atoms with Gasteiger partial charge in [0.05, 0.1) is 6.54 Å². The van der Waals surface area contributed by atoms with Crippen LogP contribution in [0.2, 0.25) is 0 Å². The van der Waals surface area contributed by atoms with Gasteiger partial charge in [-0.05, 0) is 24.5 Å². The summed E-state index contributed by atoms with van der Waals surface area (Å²) in [5.41, 5.74) is 7.77. The number of hydrogen-bond acceptors (Lipinski definition) is 7. The lowest BCUT2D eigenvalue weighted by Gasteiger charge is -2.14. The molecule has 3 amide bonds. The highest BCUT2D eigenvalue weighted by Crippen LogP contribution is 2.20. The van der Waals surface area contributed by atoms with Crippen LogP contribution in [0.1, 0.15) is 38.1 Å². The zero-order valence-corrected chi connectivity index (χ0v) is 15.4. The topological polar surface area (TPSA) is 126 Å². The number of anilines is 3. The highest BCUT2D eigenvalue weighted by Gasteiger charge is 2.37. The van der Waals surface area contributed by atoms with Crippen molar-refractivity contribution in [2.24, 2.45) is 0 Å². The van der Waals surface area contributed by atoms with Gasteiger partial charge in [-0.15, -0.1) is 0 Å². The molecule has 0 radical (unpaired) electrons. The predicted molar refractivity (Wildman–Crippen MR) is 101 cm³/mol. The summed E-state index contributed by atoms with van der Waals surface area (Å²) in [6.45, 7) is 3.96. The summed E-state index contributed by atoms with van der Waals surface area (Å²) in [6, 6.07) is 6.87. The highest BCUT2D eigenvalue weighted by molar-refractivity contribution is 6.04. The third-order valence-corrected chi connectivity index (χ3v) is 4.33. The summed E-state index contributed by atoms with van der Waals surface area (Å²) in [5, 5.41) is 5.81. The molecule has 1 atom stereocenters. The number of nitrogens with two attached hydrogens (primary N) is 1. The Morgan fingerprint density at radius 3 is 2.70 bits per heavy atom. The molecule has 1 aromatic carbocycles. The molecule has 1 aliphatic rings. The first-order chi connectivity index (χ1) is 13.0. The maximum absolute atomic E-state index is 12.4. The number of amides is 3. The number of nitrogen functional groups attached to an aromatic ring is 1. The van der Waals surface area contributed by atoms with Crippen LogP contribution in [0.25, 0.3) is 0 Å². The molecule has 1 saturated heterocycles. The predicted octanol–water partition coefficient (Wildman–Crippen LogP) is 1.98. The monoisotopic (exact) mass is 369 g/mol. The quantitative estimate of drug-likeness (QED) is 0.637. The van der Waals surface area contributed by atoms with E-state index in [1.54, 1.807) is 0 Å². The number of carbonyl (C=O) groups excluding carboxylic acids is 2. The molecule has 9 nitrogen and oxygen atoms in total. The number of para-hydroxylation sites is 1. The zero-order chi connectivity index (χ0) is 19.4. The molecular formula is C18H23N7O2. The minimum Gasteiger partial charge on any atom is -0.368 e. The fourth-order valence-corrected chi connectivity index (χ4v) is 2.99. The number of aromatic nitrogens is 3. The summed E-state index contributed by atoms with van der Waals surface area (Å²) >= 11 is 0. The minimum absolute atomic E-state index is 0.0219. The van der Waals surface area contributed by atoms with E-state index >= 15 is 0 Å². The van der Waals surface area contributed by atoms with Crippen molar-refractivity contribution in [2.75, 3.05) is 11.1 Å². The Bertz CT molecular complexity index is 855. The number of nitrogens with one attached hydrogen (secondary N) is 2. The summed E-state index contributed by atoms with van der Waals surface area (Å²) in [5.74, 6) is 0.274. The van der Waals surface area contributed by atoms with Crippen LogP contribution in [-0.4, -0.2) is 37.8 Å². The van der Waals surface area contributed by atoms with E-state index in [2.05, 4.69) is 32.5 Å². The maximum Gasteiger partial charge on any atom is 0.325 e. The fourth-order valence-electron chi connectivity index (χ4n) is 2.99. The van der Waals surface area contributed by atoms with Crippen molar-refractivity contribution in [1.82, 2.24) is 25.2 Å². The third kappa shape index (κ3) is 4.13. The SMILES string of the molecule is CCCC1NC(=O)N(Cc2nc(N)nc(Nc3ccccc3CC)n2)C1=O. The number of aryl methyl sites for hydroxylation is 1. The first-order valence-corrected chi connectivity index (χ1v) is 8.99. The minimum atomic E-state index is -0.490. The van der Waals surface area contributed by atoms with Crippen LogP contribution in [0, 0.1) is 0 Å². The number of nitrogens with zero attached hydrogens (tertiary/aromatic N) is 4. The largest absolute Gasteiger partial charge is 0.368 e. The van der Waals surface area contributed by atoms with Gasteiger partial charge < -0.3 is 16.4 Å². The standard InChI is InChI=1S/C18H23N7O2/c1-3-7-13-15(26)25(18(27)21-13)10-14-22-16(19)24-17(23-14)20-12-9-6-5-8-11(12)4-2/h5-6,8-9,13H,3-4,7,10H2,1-2H3,(H,21,27)(H3,19,20,22,23,24). The van der Waals surface area contributed by atoms with Gasteiger partial charge in [0.1, 0.15) is 6.04 Å². The lowest BCUT2D eigenvalue weighted by Crippen LogP contribution is -2.32. The van der Waals surface area contributed by atoms with E-state index in [-0.39, 0.29) is 30.2 Å². The van der Waals surface area contributed by atoms with E-state index in [4.69, 9.17) is 5.73 Å². The molecule has 0 saturated carbocycles. The van der Waals surface area contributed by atoms with Crippen molar-refractivity contribution in [3.8, 4) is 0 Å². The molecule has 27 heavy (non-hydrogen) atoms. The van der Waals surface area contributed by atoms with Crippen molar-refractivity contribution >= 4 is 29.5 Å². The maximum atomic E-state index is 12.4. The fraction of sp³-hybridized carbons (Fsp3) is 0.389. The van der Waals surface area contributed by atoms with Crippen LogP contribution in [-0.2, 0) is 17.8 Å². The van der Waals surface area contributed by atoms with Gasteiger partial charge in [0.25, 0.3) is 5.91 Å². The van der Waals surface area contributed by atoms with E-state index in [9.17, 15) is 9.59 Å². The second kappa shape index (κ2) is 7.98. The lowest BCUT2D eigenvalue weighted by molar-refractivity contribution is -0.128. The van der Waals surface area contributed by atoms with E-state index in [0.717, 1.165) is 29.0 Å². The summed E-state index contributed by atoms with van der Waals surface area (Å²) in [4.78, 5) is 38.1. The van der Waals surface area contributed by atoms with Crippen LogP contribution in [0.4, 0.5) is 22.4 Å². The van der Waals surface area contributed by atoms with Crippen LogP contribution in [0.5, 0.6) is 0 Å². The molecule has 0 bridgehead atoms. The molecule has 9 heteroatoms. The Labute approximate surface area is 157 Å². The van der Waals surface area contributed by atoms with E-state index in [1.165, 1.54) is 0 Å². The van der Waals surface area contributed by atoms with Gasteiger partial charge in [-0.25, -0.2) is 4.79 Å². The number of urea groups is 1. The Morgan fingerprint density at radius 1 is 1.19 bits per heavy atom. The number of benzene rings is 1. The molecule has 0 spiro atoms. The van der Waals surface area contributed by atoms with Gasteiger partial charge in [-0.3, -0.25) is 9.69 Å². The van der Waals surface area contributed by atoms with E-state index < -0.39 is 12.1 Å². The molecule has 2 heterocycles. The van der Waals surface area contributed by atoms with Crippen LogP contribution in [0.3, 0.4) is 0 Å². The van der Waals surface area contributed by atoms with Crippen molar-refractivity contribution in [3.05, 3.63) is 35.7 Å². The second-order valence-electron chi connectivity index (χ2n) is 6.28. The molecule has 3 rings (SSSR count). The molecule has 4 N–H and O–H groups in total. The van der Waals surface area contributed by atoms with Gasteiger partial charge in [-0.1, -0.05) is 38.5 Å². The normalized spacial score (nSPS) is 16.5. The lowest BCUT2D eigenvalue weighted by atomic mass is 10.1. The number of rotatable bonds is 7. The molecule has 1 aromatic heterocycles. The summed E-state index contributed by atoms with van der Waals surface area (Å²) in [7, 11) is 0. The van der Waals surface area contributed by atoms with Gasteiger partial charge in [0, 0.05) is 5.69 Å². The molecule has 1 aliphatic heterocycles. The van der Waals surface area contributed by atoms with Gasteiger partial charge in [-0.2, -0.15) is 15.0 Å². The number of hydrogen-bond donors (Lipinski definition) is 3. The molecule has 1 unspecified atom stereocenters. The molecule has 1 fully saturated rings. The average molecular weight is 369 g/mol. The van der Waals surface area contributed by atoms with E-state index in [1.807, 2.05) is 31.2 Å². The van der Waals surface area contributed by atoms with Crippen LogP contribution < -0.4 is 16.4 Å². The first-order valence-electron chi connectivity index (χ1n) is 8.99. The Balaban J connectivity index is 1.80. The average Bonchev–Trinajstić information content (AvgIpc) is 2.89. The summed E-state index contributed by atoms with van der Waals surface area (Å²) < 4.78 is 0. The van der Waals surface area contributed by atoms with Crippen LogP contribution >= 0.6 is 0 Å². The van der Waals surface area contributed by atoms with Crippen molar-refractivity contribution in [1.29, 1.82) is 0 Å². The highest BCUT2D eigenvalue weighted by atomic mass is 16.2. The van der Waals surface area contributed by atoms with Crippen LogP contribution in [0.15, 0.2) is 24.3 Å². The Hall–Kier alpha value is -3.23. The van der Waals surface area contributed by atoms with Crippen molar-refractivity contribution < 1.29 is 9.59 Å². The number of carbonyl (C=O) groups is 2. The molecule has 2 aromatic rings. The Morgan fingerprint density at radius 2 is 1.96 bits per heavy atom. The van der Waals surface area contributed by atoms with Crippen molar-refractivity contribution in [3.63, 3.8) is 0 Å². The van der Waals surface area contributed by atoms with E-state index in [0.29, 0.717) is 6.42 Å². The third-order valence-electron chi connectivity index (χ3n) is 4.33.